The van der Waals surface area contributed by atoms with Gasteiger partial charge in [0.25, 0.3) is 0 Å². The van der Waals surface area contributed by atoms with E-state index in [4.69, 9.17) is 25.5 Å². The van der Waals surface area contributed by atoms with Crippen molar-refractivity contribution in [3.8, 4) is 0 Å². The first kappa shape index (κ1) is 16.5. The van der Waals surface area contributed by atoms with Gasteiger partial charge in [0.2, 0.25) is 0 Å². The first-order valence-corrected chi connectivity index (χ1v) is 8.97. The van der Waals surface area contributed by atoms with Gasteiger partial charge in [0.15, 0.2) is 10.2 Å². The highest BCUT2D eigenvalue weighted by Crippen LogP contribution is 2.14. The summed E-state index contributed by atoms with van der Waals surface area (Å²) in [7, 11) is 2.37. The van der Waals surface area contributed by atoms with Crippen LogP contribution in [0.4, 0.5) is 5.13 Å². The molecule has 2 N–H and O–H groups in total. The van der Waals surface area contributed by atoms with Crippen molar-refractivity contribution in [1.82, 2.24) is 10.3 Å². The monoisotopic (exact) mass is 321 g/mol. The molecule has 0 saturated heterocycles. The summed E-state index contributed by atoms with van der Waals surface area (Å²) in [5, 5.41) is 9.35. The lowest BCUT2D eigenvalue weighted by Gasteiger charge is -2.24. The number of hydrogen-bond donors (Lipinski definition) is 2. The molecule has 0 fully saturated rings. The van der Waals surface area contributed by atoms with Crippen LogP contribution in [0.2, 0.25) is 6.04 Å². The Labute approximate surface area is 123 Å². The second-order valence-electron chi connectivity index (χ2n) is 3.62. The summed E-state index contributed by atoms with van der Waals surface area (Å²) in [5.74, 6) is 0. The zero-order valence-corrected chi connectivity index (χ0v) is 13.9. The number of rotatable bonds is 8. The minimum atomic E-state index is -2.47. The molecule has 9 heteroatoms. The number of thiocarbonyl (C=S) groups is 1. The Morgan fingerprint density at radius 2 is 2.05 bits per heavy atom. The molecule has 0 aromatic carbocycles. The SMILES string of the molecule is CO[Si](CCCNC(=S)Nc1nccs1)(OC)OC. The highest BCUT2D eigenvalue weighted by molar-refractivity contribution is 7.80. The number of nitrogens with one attached hydrogen (secondary N) is 2. The second-order valence-corrected chi connectivity index (χ2v) is 8.01. The van der Waals surface area contributed by atoms with Crippen LogP contribution < -0.4 is 10.6 Å². The predicted molar refractivity (Wildman–Crippen MR) is 82.5 cm³/mol. The number of nitrogens with zero attached hydrogens (tertiary/aromatic N) is 1. The standard InChI is InChI=1S/C10H19N3O3S2Si/c1-14-19(15-2,16-3)8-4-5-11-9(17)13-10-12-6-7-18-10/h6-7H,4-5,8H2,1-3H3,(H2,11,12,13,17). The molecule has 1 aromatic heterocycles. The molecule has 19 heavy (non-hydrogen) atoms. The summed E-state index contributed by atoms with van der Waals surface area (Å²) < 4.78 is 16.0. The van der Waals surface area contributed by atoms with E-state index in [9.17, 15) is 0 Å². The van der Waals surface area contributed by atoms with Crippen LogP contribution >= 0.6 is 23.6 Å². The van der Waals surface area contributed by atoms with Crippen LogP contribution in [0.25, 0.3) is 0 Å². The zero-order chi connectivity index (χ0) is 14.1. The van der Waals surface area contributed by atoms with E-state index >= 15 is 0 Å². The zero-order valence-electron chi connectivity index (χ0n) is 11.3. The normalized spacial score (nSPS) is 11.3. The number of hydrogen-bond acceptors (Lipinski definition) is 6. The largest absolute Gasteiger partial charge is 0.500 e. The topological polar surface area (TPSA) is 64.6 Å². The van der Waals surface area contributed by atoms with Crippen molar-refractivity contribution in [2.45, 2.75) is 12.5 Å². The van der Waals surface area contributed by atoms with Gasteiger partial charge < -0.3 is 23.9 Å². The van der Waals surface area contributed by atoms with E-state index in [0.29, 0.717) is 5.11 Å². The van der Waals surface area contributed by atoms with Crippen LogP contribution in [0.1, 0.15) is 6.42 Å². The molecular weight excluding hydrogens is 302 g/mol. The van der Waals surface area contributed by atoms with E-state index in [2.05, 4.69) is 15.6 Å². The van der Waals surface area contributed by atoms with Crippen molar-refractivity contribution in [3.05, 3.63) is 11.6 Å². The molecular formula is C10H19N3O3S2Si. The van der Waals surface area contributed by atoms with E-state index in [1.807, 2.05) is 5.38 Å². The van der Waals surface area contributed by atoms with E-state index < -0.39 is 8.80 Å². The first-order chi connectivity index (χ1) is 9.15. The molecule has 1 aromatic rings. The first-order valence-electron chi connectivity index (χ1n) is 5.75. The molecule has 108 valence electrons. The molecule has 0 atom stereocenters. The number of anilines is 1. The second kappa shape index (κ2) is 8.56. The smallest absolute Gasteiger partial charge is 0.377 e. The Balaban J connectivity index is 2.21. The molecule has 0 saturated carbocycles. The van der Waals surface area contributed by atoms with Gasteiger partial charge in [-0.05, 0) is 18.6 Å². The lowest BCUT2D eigenvalue weighted by atomic mass is 10.5. The predicted octanol–water partition coefficient (Wildman–Crippen LogP) is 1.70. The third kappa shape index (κ3) is 5.51. The van der Waals surface area contributed by atoms with E-state index in [1.165, 1.54) is 11.3 Å². The van der Waals surface area contributed by atoms with Gasteiger partial charge in [0.05, 0.1) is 0 Å². The molecule has 6 nitrogen and oxygen atoms in total. The van der Waals surface area contributed by atoms with E-state index in [-0.39, 0.29) is 0 Å². The lowest BCUT2D eigenvalue weighted by Crippen LogP contribution is -2.43. The lowest BCUT2D eigenvalue weighted by molar-refractivity contribution is 0.123. The molecule has 0 unspecified atom stereocenters. The third-order valence-corrected chi connectivity index (χ3v) is 6.30. The van der Waals surface area contributed by atoms with Gasteiger partial charge in [-0.1, -0.05) is 0 Å². The summed E-state index contributed by atoms with van der Waals surface area (Å²) in [6.45, 7) is 0.724. The Morgan fingerprint density at radius 3 is 2.58 bits per heavy atom. The summed E-state index contributed by atoms with van der Waals surface area (Å²) in [6, 6.07) is 0.739. The molecule has 0 amide bonds. The minimum absolute atomic E-state index is 0.564. The Hall–Kier alpha value is -0.583. The Kier molecular flexibility index (Phi) is 7.42. The van der Waals surface area contributed by atoms with Gasteiger partial charge in [-0.15, -0.1) is 11.3 Å². The van der Waals surface area contributed by atoms with E-state index in [1.54, 1.807) is 27.5 Å². The Morgan fingerprint density at radius 1 is 1.37 bits per heavy atom. The van der Waals surface area contributed by atoms with Crippen LogP contribution in [0.5, 0.6) is 0 Å². The highest BCUT2D eigenvalue weighted by Gasteiger charge is 2.36. The number of aromatic nitrogens is 1. The van der Waals surface area contributed by atoms with Crippen molar-refractivity contribution < 1.29 is 13.3 Å². The van der Waals surface area contributed by atoms with E-state index in [0.717, 1.165) is 24.1 Å². The fourth-order valence-corrected chi connectivity index (χ4v) is 4.01. The van der Waals surface area contributed by atoms with Gasteiger partial charge in [-0.25, -0.2) is 4.98 Å². The Bertz CT molecular complexity index is 366. The summed E-state index contributed by atoms with van der Waals surface area (Å²) in [4.78, 5) is 4.09. The molecule has 0 aliphatic heterocycles. The molecule has 1 rings (SSSR count). The van der Waals surface area contributed by atoms with Gasteiger partial charge in [-0.3, -0.25) is 0 Å². The van der Waals surface area contributed by atoms with Gasteiger partial charge >= 0.3 is 8.80 Å². The van der Waals surface area contributed by atoms with Crippen LogP contribution in [-0.2, 0) is 13.3 Å². The van der Waals surface area contributed by atoms with Gasteiger partial charge in [0.1, 0.15) is 0 Å². The molecule has 1 heterocycles. The maximum atomic E-state index is 5.34. The summed E-state index contributed by atoms with van der Waals surface area (Å²) in [6.07, 6.45) is 2.58. The van der Waals surface area contributed by atoms with Crippen LogP contribution in [0.15, 0.2) is 11.6 Å². The highest BCUT2D eigenvalue weighted by atomic mass is 32.1. The summed E-state index contributed by atoms with van der Waals surface area (Å²) >= 11 is 6.66. The van der Waals surface area contributed by atoms with Gasteiger partial charge in [-0.2, -0.15) is 0 Å². The fraction of sp³-hybridized carbons (Fsp3) is 0.600. The molecule has 0 bridgehead atoms. The number of thiazole rings is 1. The van der Waals surface area contributed by atoms with Crippen molar-refractivity contribution in [3.63, 3.8) is 0 Å². The fourth-order valence-electron chi connectivity index (χ4n) is 1.49. The van der Waals surface area contributed by atoms with Crippen LogP contribution in [-0.4, -0.2) is 46.8 Å². The average Bonchev–Trinajstić information content (AvgIpc) is 2.93. The molecule has 0 radical (unpaired) electrons. The minimum Gasteiger partial charge on any atom is -0.377 e. The molecule has 0 aliphatic rings. The van der Waals surface area contributed by atoms with Crippen molar-refractivity contribution in [2.75, 3.05) is 33.2 Å². The van der Waals surface area contributed by atoms with Crippen molar-refractivity contribution in [2.24, 2.45) is 0 Å². The van der Waals surface area contributed by atoms with Crippen LogP contribution in [0.3, 0.4) is 0 Å². The molecule has 0 aliphatic carbocycles. The summed E-state index contributed by atoms with van der Waals surface area (Å²) in [5.41, 5.74) is 0. The van der Waals surface area contributed by atoms with Crippen LogP contribution in [0, 0.1) is 0 Å². The quantitative estimate of drug-likeness (QED) is 0.429. The molecule has 0 spiro atoms. The average molecular weight is 322 g/mol. The van der Waals surface area contributed by atoms with Crippen molar-refractivity contribution in [1.29, 1.82) is 0 Å². The maximum Gasteiger partial charge on any atom is 0.500 e. The van der Waals surface area contributed by atoms with Crippen molar-refractivity contribution >= 4 is 42.6 Å². The maximum absolute atomic E-state index is 5.34. The van der Waals surface area contributed by atoms with Gasteiger partial charge in [0, 0.05) is 45.5 Å². The third-order valence-electron chi connectivity index (χ3n) is 2.53.